The van der Waals surface area contributed by atoms with E-state index >= 15 is 0 Å². The Morgan fingerprint density at radius 2 is 1.47 bits per heavy atom. The standard InChI is InChI=1S/C15H12FNO2/c16-10-3-5-11(6-4-10)17-14(18)12-8-1-2-9(7-8)13(12)15(17)19/h1-6,8-9,12-13H,7H2/t8-,9-,12+,13+/m0/s1. The van der Waals surface area contributed by atoms with Crippen molar-refractivity contribution in [3.05, 3.63) is 42.2 Å². The molecular formula is C15H12FNO2. The van der Waals surface area contributed by atoms with E-state index in [-0.39, 0.29) is 41.3 Å². The van der Waals surface area contributed by atoms with E-state index < -0.39 is 0 Å². The van der Waals surface area contributed by atoms with Crippen LogP contribution in [0.3, 0.4) is 0 Å². The molecule has 2 aliphatic carbocycles. The quantitative estimate of drug-likeness (QED) is 0.571. The average molecular weight is 257 g/mol. The molecule has 3 nitrogen and oxygen atoms in total. The van der Waals surface area contributed by atoms with Crippen LogP contribution in [0, 0.1) is 29.5 Å². The van der Waals surface area contributed by atoms with Gasteiger partial charge in [0.2, 0.25) is 11.8 Å². The molecular weight excluding hydrogens is 245 g/mol. The van der Waals surface area contributed by atoms with E-state index in [0.29, 0.717) is 5.69 Å². The molecule has 2 amide bonds. The number of carbonyl (C=O) groups excluding carboxylic acids is 2. The summed E-state index contributed by atoms with van der Waals surface area (Å²) in [5.41, 5.74) is 0.477. The zero-order valence-electron chi connectivity index (χ0n) is 10.1. The van der Waals surface area contributed by atoms with Crippen molar-refractivity contribution in [2.24, 2.45) is 23.7 Å². The number of fused-ring (bicyclic) bond motifs is 5. The molecule has 4 rings (SSSR count). The minimum absolute atomic E-state index is 0.126. The molecule has 19 heavy (non-hydrogen) atoms. The summed E-state index contributed by atoms with van der Waals surface area (Å²) in [6, 6.07) is 5.52. The second-order valence-electron chi connectivity index (χ2n) is 5.49. The number of allylic oxidation sites excluding steroid dienone is 2. The van der Waals surface area contributed by atoms with E-state index in [1.807, 2.05) is 0 Å². The van der Waals surface area contributed by atoms with E-state index in [1.54, 1.807) is 0 Å². The number of rotatable bonds is 1. The maximum absolute atomic E-state index is 12.9. The highest BCUT2D eigenvalue weighted by Crippen LogP contribution is 2.53. The summed E-state index contributed by atoms with van der Waals surface area (Å²) in [4.78, 5) is 26.1. The first-order valence-electron chi connectivity index (χ1n) is 6.48. The van der Waals surface area contributed by atoms with Gasteiger partial charge in [0, 0.05) is 0 Å². The molecule has 2 bridgehead atoms. The highest BCUT2D eigenvalue weighted by atomic mass is 19.1. The van der Waals surface area contributed by atoms with Gasteiger partial charge in [0.1, 0.15) is 5.82 Å². The third kappa shape index (κ3) is 1.31. The van der Waals surface area contributed by atoms with E-state index in [2.05, 4.69) is 12.2 Å². The molecule has 1 aromatic rings. The molecule has 3 aliphatic rings. The second kappa shape index (κ2) is 3.53. The average Bonchev–Trinajstić information content (AvgIpc) is 3.06. The number of halogens is 1. The lowest BCUT2D eigenvalue weighted by atomic mass is 9.85. The largest absolute Gasteiger partial charge is 0.274 e. The highest BCUT2D eigenvalue weighted by molar-refractivity contribution is 6.22. The number of imide groups is 1. The van der Waals surface area contributed by atoms with Crippen molar-refractivity contribution >= 4 is 17.5 Å². The number of benzene rings is 1. The molecule has 4 heteroatoms. The first kappa shape index (κ1) is 10.9. The van der Waals surface area contributed by atoms with Crippen LogP contribution in [0.25, 0.3) is 0 Å². The van der Waals surface area contributed by atoms with Crippen LogP contribution in [0.2, 0.25) is 0 Å². The molecule has 2 fully saturated rings. The van der Waals surface area contributed by atoms with Crippen molar-refractivity contribution in [1.82, 2.24) is 0 Å². The van der Waals surface area contributed by atoms with Crippen LogP contribution in [0.15, 0.2) is 36.4 Å². The van der Waals surface area contributed by atoms with Crippen molar-refractivity contribution < 1.29 is 14.0 Å². The molecule has 1 aromatic carbocycles. The van der Waals surface area contributed by atoms with E-state index in [1.165, 1.54) is 29.2 Å². The van der Waals surface area contributed by atoms with E-state index in [9.17, 15) is 14.0 Å². The Bertz CT molecular complexity index is 577. The van der Waals surface area contributed by atoms with Crippen LogP contribution in [-0.2, 0) is 9.59 Å². The fraction of sp³-hybridized carbons (Fsp3) is 0.333. The summed E-state index contributed by atoms with van der Waals surface area (Å²) in [5, 5.41) is 0. The van der Waals surface area contributed by atoms with Gasteiger partial charge in [0.05, 0.1) is 17.5 Å². The Labute approximate surface area is 109 Å². The topological polar surface area (TPSA) is 37.4 Å². The Morgan fingerprint density at radius 3 is 2.00 bits per heavy atom. The van der Waals surface area contributed by atoms with Crippen LogP contribution in [-0.4, -0.2) is 11.8 Å². The van der Waals surface area contributed by atoms with Crippen LogP contribution in [0.1, 0.15) is 6.42 Å². The van der Waals surface area contributed by atoms with Gasteiger partial charge < -0.3 is 0 Å². The lowest BCUT2D eigenvalue weighted by molar-refractivity contribution is -0.123. The number of amides is 2. The maximum Gasteiger partial charge on any atom is 0.238 e. The Hall–Kier alpha value is -1.97. The van der Waals surface area contributed by atoms with Gasteiger partial charge in [-0.2, -0.15) is 0 Å². The van der Waals surface area contributed by atoms with Gasteiger partial charge in [-0.25, -0.2) is 4.39 Å². The van der Waals surface area contributed by atoms with Crippen LogP contribution in [0.4, 0.5) is 10.1 Å². The minimum atomic E-state index is -0.371. The van der Waals surface area contributed by atoms with Gasteiger partial charge in [0.25, 0.3) is 0 Å². The van der Waals surface area contributed by atoms with Crippen LogP contribution in [0.5, 0.6) is 0 Å². The SMILES string of the molecule is O=C1[C@H]2[C@H](C(=O)N1c1ccc(F)cc1)[C@H]1C=C[C@H]2C1. The highest BCUT2D eigenvalue weighted by Gasteiger charge is 2.59. The van der Waals surface area contributed by atoms with Crippen LogP contribution < -0.4 is 4.90 Å². The summed E-state index contributed by atoms with van der Waals surface area (Å²) < 4.78 is 12.9. The van der Waals surface area contributed by atoms with Gasteiger partial charge in [-0.1, -0.05) is 12.2 Å². The Kier molecular flexibility index (Phi) is 2.03. The third-order valence-corrected chi connectivity index (χ3v) is 4.56. The molecule has 0 unspecified atom stereocenters. The van der Waals surface area contributed by atoms with Gasteiger partial charge in [-0.3, -0.25) is 14.5 Å². The number of anilines is 1. The smallest absolute Gasteiger partial charge is 0.238 e. The zero-order chi connectivity index (χ0) is 13.1. The van der Waals surface area contributed by atoms with Crippen molar-refractivity contribution in [1.29, 1.82) is 0 Å². The molecule has 0 N–H and O–H groups in total. The molecule has 4 atom stereocenters. The molecule has 1 saturated carbocycles. The van der Waals surface area contributed by atoms with Gasteiger partial charge in [0.15, 0.2) is 0 Å². The van der Waals surface area contributed by atoms with Crippen molar-refractivity contribution in [3.8, 4) is 0 Å². The van der Waals surface area contributed by atoms with Crippen molar-refractivity contribution in [3.63, 3.8) is 0 Å². The second-order valence-corrected chi connectivity index (χ2v) is 5.49. The zero-order valence-corrected chi connectivity index (χ0v) is 10.1. The number of hydrogen-bond acceptors (Lipinski definition) is 2. The monoisotopic (exact) mass is 257 g/mol. The number of hydrogen-bond donors (Lipinski definition) is 0. The number of nitrogens with zero attached hydrogens (tertiary/aromatic N) is 1. The third-order valence-electron chi connectivity index (χ3n) is 4.56. The van der Waals surface area contributed by atoms with Gasteiger partial charge in [-0.15, -0.1) is 0 Å². The Balaban J connectivity index is 1.74. The summed E-state index contributed by atoms with van der Waals surface area (Å²) >= 11 is 0. The predicted octanol–water partition coefficient (Wildman–Crippen LogP) is 2.14. The molecule has 1 aliphatic heterocycles. The lowest BCUT2D eigenvalue weighted by Gasteiger charge is -2.17. The summed E-state index contributed by atoms with van der Waals surface area (Å²) in [7, 11) is 0. The van der Waals surface area contributed by atoms with E-state index in [0.717, 1.165) is 6.42 Å². The molecule has 1 saturated heterocycles. The fourth-order valence-electron chi connectivity index (χ4n) is 3.75. The molecule has 96 valence electrons. The van der Waals surface area contributed by atoms with E-state index in [4.69, 9.17) is 0 Å². The molecule has 1 heterocycles. The van der Waals surface area contributed by atoms with Crippen molar-refractivity contribution in [2.45, 2.75) is 6.42 Å². The normalized spacial score (nSPS) is 35.3. The summed E-state index contributed by atoms with van der Waals surface area (Å²) in [5.74, 6) is -0.615. The summed E-state index contributed by atoms with van der Waals surface area (Å²) in [6.45, 7) is 0. The number of carbonyl (C=O) groups is 2. The first-order valence-corrected chi connectivity index (χ1v) is 6.48. The lowest BCUT2D eigenvalue weighted by Crippen LogP contribution is -2.32. The molecule has 0 radical (unpaired) electrons. The summed E-state index contributed by atoms with van der Waals surface area (Å²) in [6.07, 6.45) is 5.04. The van der Waals surface area contributed by atoms with Gasteiger partial charge in [-0.05, 0) is 42.5 Å². The maximum atomic E-state index is 12.9. The fourth-order valence-corrected chi connectivity index (χ4v) is 3.75. The minimum Gasteiger partial charge on any atom is -0.274 e. The van der Waals surface area contributed by atoms with Crippen LogP contribution >= 0.6 is 0 Å². The van der Waals surface area contributed by atoms with Crippen molar-refractivity contribution in [2.75, 3.05) is 4.90 Å². The predicted molar refractivity (Wildman–Crippen MR) is 66.6 cm³/mol. The molecule has 0 aromatic heterocycles. The molecule has 0 spiro atoms. The Morgan fingerprint density at radius 1 is 0.947 bits per heavy atom. The first-order chi connectivity index (χ1) is 9.16. The van der Waals surface area contributed by atoms with Gasteiger partial charge >= 0.3 is 0 Å².